The average molecular weight is 307 g/mol. The van der Waals surface area contributed by atoms with Crippen molar-refractivity contribution in [3.8, 4) is 0 Å². The van der Waals surface area contributed by atoms with Crippen molar-refractivity contribution in [1.29, 1.82) is 0 Å². The van der Waals surface area contributed by atoms with Crippen LogP contribution < -0.4 is 10.6 Å². The summed E-state index contributed by atoms with van der Waals surface area (Å²) in [5.74, 6) is 1.46. The Kier molecular flexibility index (Phi) is 4.15. The maximum absolute atomic E-state index is 4.34. The van der Waals surface area contributed by atoms with Crippen LogP contribution in [0.25, 0.3) is 0 Å². The van der Waals surface area contributed by atoms with Crippen LogP contribution in [0.3, 0.4) is 0 Å². The normalized spacial score (nSPS) is 10.2. The summed E-state index contributed by atoms with van der Waals surface area (Å²) < 4.78 is 1.08. The molecular weight excluding hydrogens is 292 g/mol. The Morgan fingerprint density at radius 2 is 2.06 bits per heavy atom. The predicted octanol–water partition coefficient (Wildman–Crippen LogP) is 3.20. The highest BCUT2D eigenvalue weighted by Crippen LogP contribution is 2.14. The van der Waals surface area contributed by atoms with Gasteiger partial charge in [0.05, 0.1) is 0 Å². The molecule has 18 heavy (non-hydrogen) atoms. The van der Waals surface area contributed by atoms with E-state index in [9.17, 15) is 0 Å². The molecular formula is C13H15BrN4. The van der Waals surface area contributed by atoms with Crippen molar-refractivity contribution in [2.45, 2.75) is 13.5 Å². The second-order valence-corrected chi connectivity index (χ2v) is 4.87. The first-order valence-electron chi connectivity index (χ1n) is 5.69. The molecule has 0 fully saturated rings. The number of rotatable bonds is 4. The molecule has 1 aromatic heterocycles. The third kappa shape index (κ3) is 3.43. The summed E-state index contributed by atoms with van der Waals surface area (Å²) in [5, 5.41) is 6.24. The van der Waals surface area contributed by atoms with E-state index in [1.165, 1.54) is 5.56 Å². The summed E-state index contributed by atoms with van der Waals surface area (Å²) in [6.45, 7) is 2.69. The van der Waals surface area contributed by atoms with Crippen molar-refractivity contribution in [3.05, 3.63) is 46.1 Å². The number of hydrogen-bond donors (Lipinski definition) is 2. The number of hydrogen-bond acceptors (Lipinski definition) is 4. The number of anilines is 2. The second kappa shape index (κ2) is 5.82. The van der Waals surface area contributed by atoms with E-state index in [1.54, 1.807) is 0 Å². The summed E-state index contributed by atoms with van der Waals surface area (Å²) in [4.78, 5) is 8.60. The van der Waals surface area contributed by atoms with Gasteiger partial charge in [0.25, 0.3) is 0 Å². The van der Waals surface area contributed by atoms with E-state index < -0.39 is 0 Å². The minimum Gasteiger partial charge on any atom is -0.366 e. The quantitative estimate of drug-likeness (QED) is 0.911. The van der Waals surface area contributed by atoms with Gasteiger partial charge in [0.15, 0.2) is 0 Å². The maximum Gasteiger partial charge on any atom is 0.224 e. The first-order chi connectivity index (χ1) is 8.67. The highest BCUT2D eigenvalue weighted by atomic mass is 79.9. The smallest absolute Gasteiger partial charge is 0.224 e. The third-order valence-corrected chi connectivity index (χ3v) is 2.93. The minimum absolute atomic E-state index is 0.631. The van der Waals surface area contributed by atoms with Crippen LogP contribution in [0.15, 0.2) is 34.8 Å². The van der Waals surface area contributed by atoms with Crippen molar-refractivity contribution < 1.29 is 0 Å². The standard InChI is InChI=1S/C13H15BrN4/c1-9-6-12(18-13(15-2)17-9)16-8-10-4-3-5-11(14)7-10/h3-7H,8H2,1-2H3,(H2,15,16,17,18). The second-order valence-electron chi connectivity index (χ2n) is 3.95. The van der Waals surface area contributed by atoms with Crippen molar-refractivity contribution in [3.63, 3.8) is 0 Å². The molecule has 2 N–H and O–H groups in total. The Morgan fingerprint density at radius 1 is 1.22 bits per heavy atom. The SMILES string of the molecule is CNc1nc(C)cc(NCc2cccc(Br)c2)n1. The molecule has 0 amide bonds. The Labute approximate surface area is 115 Å². The number of nitrogens with zero attached hydrogens (tertiary/aromatic N) is 2. The molecule has 4 nitrogen and oxygen atoms in total. The molecule has 5 heteroatoms. The molecule has 0 aliphatic heterocycles. The summed E-state index contributed by atoms with van der Waals surface area (Å²) in [6, 6.07) is 10.1. The van der Waals surface area contributed by atoms with Crippen LogP contribution >= 0.6 is 15.9 Å². The monoisotopic (exact) mass is 306 g/mol. The molecule has 1 aromatic carbocycles. The van der Waals surface area contributed by atoms with Crippen LogP contribution in [0.2, 0.25) is 0 Å². The van der Waals surface area contributed by atoms with Gasteiger partial charge in [-0.1, -0.05) is 28.1 Å². The first kappa shape index (κ1) is 12.8. The van der Waals surface area contributed by atoms with Gasteiger partial charge < -0.3 is 10.6 Å². The Balaban J connectivity index is 2.08. The van der Waals surface area contributed by atoms with Crippen molar-refractivity contribution in [2.75, 3.05) is 17.7 Å². The van der Waals surface area contributed by atoms with Crippen molar-refractivity contribution in [1.82, 2.24) is 9.97 Å². The lowest BCUT2D eigenvalue weighted by molar-refractivity contribution is 1.05. The topological polar surface area (TPSA) is 49.8 Å². The summed E-state index contributed by atoms with van der Waals surface area (Å²) >= 11 is 3.46. The van der Waals surface area contributed by atoms with Gasteiger partial charge in [-0.25, -0.2) is 4.98 Å². The molecule has 0 aliphatic rings. The molecule has 94 valence electrons. The van der Waals surface area contributed by atoms with Crippen LogP contribution in [-0.2, 0) is 6.54 Å². The van der Waals surface area contributed by atoms with Gasteiger partial charge in [-0.05, 0) is 24.6 Å². The highest BCUT2D eigenvalue weighted by molar-refractivity contribution is 9.10. The van der Waals surface area contributed by atoms with Crippen molar-refractivity contribution in [2.24, 2.45) is 0 Å². The van der Waals surface area contributed by atoms with Crippen LogP contribution in [0.4, 0.5) is 11.8 Å². The predicted molar refractivity (Wildman–Crippen MR) is 77.8 cm³/mol. The van der Waals surface area contributed by atoms with Gasteiger partial charge in [-0.3, -0.25) is 0 Å². The molecule has 0 atom stereocenters. The zero-order valence-corrected chi connectivity index (χ0v) is 12.0. The summed E-state index contributed by atoms with van der Waals surface area (Å²) in [7, 11) is 1.81. The highest BCUT2D eigenvalue weighted by Gasteiger charge is 2.00. The Bertz CT molecular complexity index is 542. The lowest BCUT2D eigenvalue weighted by Crippen LogP contribution is -2.05. The lowest BCUT2D eigenvalue weighted by Gasteiger charge is -2.08. The zero-order valence-electron chi connectivity index (χ0n) is 10.4. The van der Waals surface area contributed by atoms with E-state index >= 15 is 0 Å². The third-order valence-electron chi connectivity index (χ3n) is 2.44. The molecule has 0 aliphatic carbocycles. The van der Waals surface area contributed by atoms with Gasteiger partial charge in [-0.2, -0.15) is 4.98 Å². The van der Waals surface area contributed by atoms with Gasteiger partial charge in [0.2, 0.25) is 5.95 Å². The summed E-state index contributed by atoms with van der Waals surface area (Å²) in [5.41, 5.74) is 2.14. The fourth-order valence-corrected chi connectivity index (χ4v) is 2.06. The first-order valence-corrected chi connectivity index (χ1v) is 6.48. The summed E-state index contributed by atoms with van der Waals surface area (Å²) in [6.07, 6.45) is 0. The largest absolute Gasteiger partial charge is 0.366 e. The van der Waals surface area contributed by atoms with Gasteiger partial charge in [0.1, 0.15) is 5.82 Å². The molecule has 0 saturated heterocycles. The number of aryl methyl sites for hydroxylation is 1. The number of benzene rings is 1. The molecule has 0 unspecified atom stereocenters. The van der Waals surface area contributed by atoms with Crippen molar-refractivity contribution >= 4 is 27.7 Å². The fraction of sp³-hybridized carbons (Fsp3) is 0.231. The van der Waals surface area contributed by atoms with E-state index in [0.717, 1.165) is 22.5 Å². The van der Waals surface area contributed by atoms with Gasteiger partial charge in [0, 0.05) is 29.8 Å². The van der Waals surface area contributed by atoms with E-state index in [-0.39, 0.29) is 0 Å². The number of aromatic nitrogens is 2. The van der Waals surface area contributed by atoms with Crippen LogP contribution in [0.5, 0.6) is 0 Å². The molecule has 1 heterocycles. The Hall–Kier alpha value is -1.62. The van der Waals surface area contributed by atoms with Gasteiger partial charge >= 0.3 is 0 Å². The van der Waals surface area contributed by atoms with E-state index in [1.807, 2.05) is 32.2 Å². The van der Waals surface area contributed by atoms with E-state index in [0.29, 0.717) is 5.95 Å². The van der Waals surface area contributed by atoms with Crippen LogP contribution in [-0.4, -0.2) is 17.0 Å². The molecule has 0 radical (unpaired) electrons. The maximum atomic E-state index is 4.34. The number of halogens is 1. The minimum atomic E-state index is 0.631. The van der Waals surface area contributed by atoms with E-state index in [4.69, 9.17) is 0 Å². The van der Waals surface area contributed by atoms with Gasteiger partial charge in [-0.15, -0.1) is 0 Å². The van der Waals surface area contributed by atoms with E-state index in [2.05, 4.69) is 48.7 Å². The van der Waals surface area contributed by atoms with Crippen LogP contribution in [0, 0.1) is 6.92 Å². The molecule has 0 spiro atoms. The lowest BCUT2D eigenvalue weighted by atomic mass is 10.2. The fourth-order valence-electron chi connectivity index (χ4n) is 1.61. The molecule has 0 saturated carbocycles. The average Bonchev–Trinajstić information content (AvgIpc) is 2.36. The Morgan fingerprint density at radius 3 is 2.78 bits per heavy atom. The number of nitrogens with one attached hydrogen (secondary N) is 2. The molecule has 0 bridgehead atoms. The zero-order chi connectivity index (χ0) is 13.0. The molecule has 2 aromatic rings. The molecule has 2 rings (SSSR count). The van der Waals surface area contributed by atoms with Crippen LogP contribution in [0.1, 0.15) is 11.3 Å².